The Balaban J connectivity index is 2.11. The minimum Gasteiger partial charge on any atom is -0.478 e. The van der Waals surface area contributed by atoms with Gasteiger partial charge in [0.25, 0.3) is 0 Å². The number of carboxylic acids is 1. The van der Waals surface area contributed by atoms with E-state index in [-0.39, 0.29) is 23.6 Å². The number of rotatable bonds is 5. The van der Waals surface area contributed by atoms with E-state index < -0.39 is 17.7 Å². The molecular formula is C16H17FN2O4. The van der Waals surface area contributed by atoms with E-state index in [0.717, 1.165) is 23.8 Å². The van der Waals surface area contributed by atoms with Crippen LogP contribution < -0.4 is 5.32 Å². The summed E-state index contributed by atoms with van der Waals surface area (Å²) in [5, 5.41) is 15.2. The molecule has 1 atom stereocenters. The van der Waals surface area contributed by atoms with E-state index in [1.165, 1.54) is 0 Å². The molecular weight excluding hydrogens is 303 g/mol. The van der Waals surface area contributed by atoms with Gasteiger partial charge in [0.15, 0.2) is 0 Å². The van der Waals surface area contributed by atoms with Crippen molar-refractivity contribution in [1.29, 1.82) is 0 Å². The van der Waals surface area contributed by atoms with Gasteiger partial charge >= 0.3 is 5.97 Å². The van der Waals surface area contributed by atoms with Crippen LogP contribution in [0.3, 0.4) is 0 Å². The van der Waals surface area contributed by atoms with Crippen molar-refractivity contribution in [2.75, 3.05) is 5.32 Å². The van der Waals surface area contributed by atoms with Crippen molar-refractivity contribution in [1.82, 2.24) is 5.16 Å². The predicted molar refractivity (Wildman–Crippen MR) is 81.0 cm³/mol. The maximum atomic E-state index is 13.7. The Morgan fingerprint density at radius 1 is 1.39 bits per heavy atom. The highest BCUT2D eigenvalue weighted by atomic mass is 19.1. The number of halogens is 1. The molecule has 0 aliphatic rings. The first-order chi connectivity index (χ1) is 10.8. The molecule has 0 aliphatic carbocycles. The molecule has 1 heterocycles. The monoisotopic (exact) mass is 320 g/mol. The first kappa shape index (κ1) is 16.7. The van der Waals surface area contributed by atoms with Crippen LogP contribution in [0.5, 0.6) is 0 Å². The van der Waals surface area contributed by atoms with Crippen molar-refractivity contribution in [3.63, 3.8) is 0 Å². The van der Waals surface area contributed by atoms with Crippen molar-refractivity contribution in [2.45, 2.75) is 33.1 Å². The number of carboxylic acid groups (broad SMARTS) is 1. The number of aromatic carboxylic acids is 1. The molecule has 0 fully saturated rings. The van der Waals surface area contributed by atoms with Crippen molar-refractivity contribution < 1.29 is 23.6 Å². The van der Waals surface area contributed by atoms with Crippen molar-refractivity contribution in [3.05, 3.63) is 46.6 Å². The van der Waals surface area contributed by atoms with Gasteiger partial charge in [-0.15, -0.1) is 0 Å². The summed E-state index contributed by atoms with van der Waals surface area (Å²) >= 11 is 0. The lowest BCUT2D eigenvalue weighted by Crippen LogP contribution is -2.16. The number of amides is 1. The maximum absolute atomic E-state index is 13.7. The lowest BCUT2D eigenvalue weighted by Gasteiger charge is -2.12. The van der Waals surface area contributed by atoms with Crippen LogP contribution in [0, 0.1) is 19.7 Å². The van der Waals surface area contributed by atoms with Gasteiger partial charge in [-0.25, -0.2) is 9.18 Å². The second kappa shape index (κ2) is 6.60. The van der Waals surface area contributed by atoms with Gasteiger partial charge in [-0.1, -0.05) is 12.1 Å². The molecule has 0 aliphatic heterocycles. The Labute approximate surface area is 132 Å². The third-order valence-electron chi connectivity index (χ3n) is 3.56. The third-order valence-corrected chi connectivity index (χ3v) is 3.56. The summed E-state index contributed by atoms with van der Waals surface area (Å²) in [7, 11) is 0. The van der Waals surface area contributed by atoms with Crippen molar-refractivity contribution in [2.24, 2.45) is 0 Å². The first-order valence-electron chi connectivity index (χ1n) is 7.05. The van der Waals surface area contributed by atoms with Crippen LogP contribution in [0.25, 0.3) is 0 Å². The fraction of sp³-hybridized carbons (Fsp3) is 0.312. The molecule has 2 rings (SSSR count). The number of hydrogen-bond acceptors (Lipinski definition) is 4. The standard InChI is InChI=1S/C16H17FN2O4/c1-8(15-9(2)19-23-10(15)3)6-14(20)18-13-7-11(16(21)22)4-5-12(13)17/h4-5,7-8H,6H2,1-3H3,(H,18,20)(H,21,22). The van der Waals surface area contributed by atoms with Crippen LogP contribution >= 0.6 is 0 Å². The second-order valence-corrected chi connectivity index (χ2v) is 5.39. The quantitative estimate of drug-likeness (QED) is 0.882. The smallest absolute Gasteiger partial charge is 0.335 e. The topological polar surface area (TPSA) is 92.4 Å². The van der Waals surface area contributed by atoms with Gasteiger partial charge in [-0.2, -0.15) is 0 Å². The van der Waals surface area contributed by atoms with E-state index in [9.17, 15) is 14.0 Å². The highest BCUT2D eigenvalue weighted by Crippen LogP contribution is 2.26. The summed E-state index contributed by atoms with van der Waals surface area (Å²) in [5.41, 5.74) is 1.31. The molecule has 1 aromatic carbocycles. The van der Waals surface area contributed by atoms with Gasteiger partial charge in [0.05, 0.1) is 16.9 Å². The Morgan fingerprint density at radius 2 is 2.09 bits per heavy atom. The number of aryl methyl sites for hydroxylation is 2. The van der Waals surface area contributed by atoms with Crippen LogP contribution in [-0.4, -0.2) is 22.1 Å². The Kier molecular flexibility index (Phi) is 4.78. The summed E-state index contributed by atoms with van der Waals surface area (Å²) in [6.07, 6.45) is 0.0969. The Morgan fingerprint density at radius 3 is 2.65 bits per heavy atom. The molecule has 0 radical (unpaired) electrons. The molecule has 7 heteroatoms. The van der Waals surface area contributed by atoms with Gasteiger partial charge in [-0.05, 0) is 38.0 Å². The van der Waals surface area contributed by atoms with Gasteiger partial charge in [0.2, 0.25) is 5.91 Å². The minimum absolute atomic E-state index is 0.0968. The fourth-order valence-electron chi connectivity index (χ4n) is 2.53. The van der Waals surface area contributed by atoms with Gasteiger partial charge in [0, 0.05) is 12.0 Å². The first-order valence-corrected chi connectivity index (χ1v) is 7.05. The summed E-state index contributed by atoms with van der Waals surface area (Å²) in [4.78, 5) is 23.0. The number of benzene rings is 1. The SMILES string of the molecule is Cc1noc(C)c1C(C)CC(=O)Nc1cc(C(=O)O)ccc1F. The highest BCUT2D eigenvalue weighted by Gasteiger charge is 2.20. The molecule has 122 valence electrons. The van der Waals surface area contributed by atoms with E-state index in [2.05, 4.69) is 10.5 Å². The van der Waals surface area contributed by atoms with E-state index >= 15 is 0 Å². The molecule has 1 amide bonds. The highest BCUT2D eigenvalue weighted by molar-refractivity contribution is 5.94. The zero-order chi connectivity index (χ0) is 17.1. The summed E-state index contributed by atoms with van der Waals surface area (Å²) in [6.45, 7) is 5.39. The average molecular weight is 320 g/mol. The van der Waals surface area contributed by atoms with Crippen molar-refractivity contribution in [3.8, 4) is 0 Å². The molecule has 2 N–H and O–H groups in total. The Hall–Kier alpha value is -2.70. The number of carbonyl (C=O) groups is 2. The number of nitrogens with one attached hydrogen (secondary N) is 1. The van der Waals surface area contributed by atoms with E-state index in [4.69, 9.17) is 9.63 Å². The van der Waals surface area contributed by atoms with Gasteiger partial charge in [0.1, 0.15) is 11.6 Å². The minimum atomic E-state index is -1.19. The molecule has 2 aromatic rings. The van der Waals surface area contributed by atoms with Gasteiger partial charge < -0.3 is 14.9 Å². The summed E-state index contributed by atoms with van der Waals surface area (Å²) in [6, 6.07) is 3.24. The van der Waals surface area contributed by atoms with Crippen LogP contribution in [-0.2, 0) is 4.79 Å². The van der Waals surface area contributed by atoms with Crippen LogP contribution in [0.4, 0.5) is 10.1 Å². The number of aromatic nitrogens is 1. The summed E-state index contributed by atoms with van der Waals surface area (Å²) in [5.74, 6) is -1.81. The Bertz CT molecular complexity index is 735. The van der Waals surface area contributed by atoms with E-state index in [0.29, 0.717) is 11.5 Å². The molecule has 0 bridgehead atoms. The largest absolute Gasteiger partial charge is 0.478 e. The molecule has 23 heavy (non-hydrogen) atoms. The van der Waals surface area contributed by atoms with E-state index in [1.54, 1.807) is 13.8 Å². The zero-order valence-corrected chi connectivity index (χ0v) is 13.0. The lowest BCUT2D eigenvalue weighted by molar-refractivity contribution is -0.116. The van der Waals surface area contributed by atoms with E-state index in [1.807, 2.05) is 6.92 Å². The predicted octanol–water partition coefficient (Wildman–Crippen LogP) is 3.26. The molecule has 0 saturated heterocycles. The third kappa shape index (κ3) is 3.74. The molecule has 1 unspecified atom stereocenters. The summed E-state index contributed by atoms with van der Waals surface area (Å²) < 4.78 is 18.8. The number of hydrogen-bond donors (Lipinski definition) is 2. The molecule has 1 aromatic heterocycles. The lowest BCUT2D eigenvalue weighted by atomic mass is 9.96. The molecule has 0 saturated carbocycles. The molecule has 0 spiro atoms. The maximum Gasteiger partial charge on any atom is 0.335 e. The number of nitrogens with zero attached hydrogens (tertiary/aromatic N) is 1. The molecule has 6 nitrogen and oxygen atoms in total. The average Bonchev–Trinajstić information content (AvgIpc) is 2.80. The number of anilines is 1. The number of carbonyl (C=O) groups excluding carboxylic acids is 1. The fourth-order valence-corrected chi connectivity index (χ4v) is 2.53. The normalized spacial score (nSPS) is 12.0. The second-order valence-electron chi connectivity index (χ2n) is 5.39. The van der Waals surface area contributed by atoms with Crippen LogP contribution in [0.2, 0.25) is 0 Å². The van der Waals surface area contributed by atoms with Crippen molar-refractivity contribution >= 4 is 17.6 Å². The van der Waals surface area contributed by atoms with Gasteiger partial charge in [-0.3, -0.25) is 4.79 Å². The van der Waals surface area contributed by atoms with Crippen LogP contribution in [0.1, 0.15) is 46.6 Å². The zero-order valence-electron chi connectivity index (χ0n) is 13.0. The van der Waals surface area contributed by atoms with Crippen LogP contribution in [0.15, 0.2) is 22.7 Å².